The van der Waals surface area contributed by atoms with Gasteiger partial charge in [-0.3, -0.25) is 4.79 Å². The van der Waals surface area contributed by atoms with Crippen LogP contribution in [-0.2, 0) is 12.7 Å². The summed E-state index contributed by atoms with van der Waals surface area (Å²) in [6, 6.07) is 12.6. The zero-order valence-corrected chi connectivity index (χ0v) is 15.5. The summed E-state index contributed by atoms with van der Waals surface area (Å²) in [6.45, 7) is 1.62. The molecule has 0 atom stereocenters. The predicted octanol–water partition coefficient (Wildman–Crippen LogP) is 1.04. The third kappa shape index (κ3) is 4.40. The normalized spacial score (nSPS) is 11.1. The summed E-state index contributed by atoms with van der Waals surface area (Å²) in [5.41, 5.74) is 1.03. The van der Waals surface area contributed by atoms with Crippen LogP contribution >= 0.6 is 0 Å². The zero-order chi connectivity index (χ0) is 18.0. The topological polar surface area (TPSA) is 25.9 Å². The summed E-state index contributed by atoms with van der Waals surface area (Å²) in [7, 11) is 0. The van der Waals surface area contributed by atoms with E-state index in [0.29, 0.717) is 5.56 Å². The number of alkyl halides is 3. The van der Waals surface area contributed by atoms with Crippen molar-refractivity contribution in [3.63, 3.8) is 0 Å². The van der Waals surface area contributed by atoms with Gasteiger partial charge in [0.2, 0.25) is 6.33 Å². The van der Waals surface area contributed by atoms with Crippen LogP contribution in [0.15, 0.2) is 67.3 Å². The van der Waals surface area contributed by atoms with Crippen LogP contribution in [0.2, 0.25) is 0 Å². The first-order chi connectivity index (χ1) is 11.8. The van der Waals surface area contributed by atoms with Crippen molar-refractivity contribution < 1.29 is 39.5 Å². The molecule has 7 heteroatoms. The number of imidazole rings is 1. The Labute approximate surface area is 159 Å². The van der Waals surface area contributed by atoms with Crippen LogP contribution < -0.4 is 21.5 Å². The highest BCUT2D eigenvalue weighted by Crippen LogP contribution is 2.31. The zero-order valence-electron chi connectivity index (χ0n) is 13.9. The summed E-state index contributed by atoms with van der Waals surface area (Å²) in [6.07, 6.45) is 0.823. The van der Waals surface area contributed by atoms with Crippen molar-refractivity contribution >= 4 is 5.78 Å². The van der Waals surface area contributed by atoms with Crippen molar-refractivity contribution in [2.75, 3.05) is 0 Å². The minimum Gasteiger partial charge on any atom is -1.00 e. The average molecular weight is 425 g/mol. The molecule has 0 aliphatic rings. The standard InChI is InChI=1S/C19H16F3N2O.BrH/c1-14(25)15-6-8-17(9-7-15)24-11-10-23(13-24)12-16-4-2-3-5-18(16)19(20,21)22;/h2-11,13H,12H2,1H3;1H/q+1;/p-1. The molecule has 3 aromatic rings. The SMILES string of the molecule is CC(=O)c1ccc(-n2cc[n+](Cc3ccccc3C(F)(F)F)c2)cc1.[Br-]. The first-order valence-corrected chi connectivity index (χ1v) is 7.68. The van der Waals surface area contributed by atoms with Gasteiger partial charge in [-0.05, 0) is 37.3 Å². The second kappa shape index (κ2) is 7.86. The van der Waals surface area contributed by atoms with Crippen LogP contribution in [0.4, 0.5) is 13.2 Å². The molecule has 0 aliphatic heterocycles. The molecule has 0 bridgehead atoms. The van der Waals surface area contributed by atoms with Gasteiger partial charge in [0, 0.05) is 11.1 Å². The maximum absolute atomic E-state index is 13.1. The number of aromatic nitrogens is 2. The molecular formula is C19H16BrF3N2O. The summed E-state index contributed by atoms with van der Waals surface area (Å²) in [4.78, 5) is 11.3. The van der Waals surface area contributed by atoms with E-state index in [0.717, 1.165) is 11.8 Å². The van der Waals surface area contributed by atoms with Gasteiger partial charge in [-0.25, -0.2) is 9.13 Å². The highest BCUT2D eigenvalue weighted by Gasteiger charge is 2.33. The Balaban J connectivity index is 0.00000243. The Kier molecular flexibility index (Phi) is 6.02. The molecule has 2 aromatic carbocycles. The minimum atomic E-state index is -4.37. The van der Waals surface area contributed by atoms with Crippen molar-refractivity contribution in [2.45, 2.75) is 19.6 Å². The van der Waals surface area contributed by atoms with Gasteiger partial charge < -0.3 is 17.0 Å². The first kappa shape index (κ1) is 19.9. The molecule has 0 saturated carbocycles. The molecule has 0 N–H and O–H groups in total. The molecule has 1 heterocycles. The number of nitrogens with zero attached hydrogens (tertiary/aromatic N) is 2. The van der Waals surface area contributed by atoms with Crippen LogP contribution in [0.25, 0.3) is 5.69 Å². The number of Topliss-reactive ketones (excluding diaryl/α,β-unsaturated/α-hetero) is 1. The van der Waals surface area contributed by atoms with E-state index in [2.05, 4.69) is 0 Å². The second-order valence-corrected chi connectivity index (χ2v) is 5.75. The molecule has 136 valence electrons. The number of ketones is 1. The Morgan fingerprint density at radius 3 is 2.35 bits per heavy atom. The molecule has 3 nitrogen and oxygen atoms in total. The predicted molar refractivity (Wildman–Crippen MR) is 86.5 cm³/mol. The Hall–Kier alpha value is -2.41. The van der Waals surface area contributed by atoms with Crippen LogP contribution in [0.1, 0.15) is 28.4 Å². The van der Waals surface area contributed by atoms with Crippen LogP contribution in [0.3, 0.4) is 0 Å². The van der Waals surface area contributed by atoms with E-state index in [4.69, 9.17) is 0 Å². The summed E-state index contributed by atoms with van der Waals surface area (Å²) < 4.78 is 42.7. The molecule has 26 heavy (non-hydrogen) atoms. The van der Waals surface area contributed by atoms with Gasteiger partial charge in [-0.2, -0.15) is 13.2 Å². The lowest BCUT2D eigenvalue weighted by Crippen LogP contribution is -3.00. The Bertz CT molecular complexity index is 902. The van der Waals surface area contributed by atoms with E-state index < -0.39 is 11.7 Å². The van der Waals surface area contributed by atoms with Gasteiger partial charge in [0.25, 0.3) is 0 Å². The van der Waals surface area contributed by atoms with Crippen molar-refractivity contribution in [3.8, 4) is 5.69 Å². The lowest BCUT2D eigenvalue weighted by atomic mass is 10.1. The van der Waals surface area contributed by atoms with Crippen LogP contribution in [0.5, 0.6) is 0 Å². The van der Waals surface area contributed by atoms with E-state index in [-0.39, 0.29) is 34.9 Å². The maximum atomic E-state index is 13.1. The minimum absolute atomic E-state index is 0. The van der Waals surface area contributed by atoms with E-state index in [1.54, 1.807) is 58.2 Å². The molecule has 0 amide bonds. The summed E-state index contributed by atoms with van der Waals surface area (Å²) >= 11 is 0. The van der Waals surface area contributed by atoms with E-state index in [9.17, 15) is 18.0 Å². The summed E-state index contributed by atoms with van der Waals surface area (Å²) in [5.74, 6) is -0.0159. The fraction of sp³-hybridized carbons (Fsp3) is 0.158. The number of carbonyl (C=O) groups is 1. The molecule has 0 radical (unpaired) electrons. The lowest BCUT2D eigenvalue weighted by Gasteiger charge is -2.10. The highest BCUT2D eigenvalue weighted by atomic mass is 79.9. The van der Waals surface area contributed by atoms with Crippen molar-refractivity contribution in [3.05, 3.63) is 83.9 Å². The Morgan fingerprint density at radius 2 is 1.73 bits per heavy atom. The van der Waals surface area contributed by atoms with Crippen LogP contribution in [0, 0.1) is 0 Å². The molecule has 0 unspecified atom stereocenters. The lowest BCUT2D eigenvalue weighted by molar-refractivity contribution is -0.687. The van der Waals surface area contributed by atoms with Gasteiger partial charge in [0.15, 0.2) is 5.78 Å². The molecule has 0 aliphatic carbocycles. The summed E-state index contributed by atoms with van der Waals surface area (Å²) in [5, 5.41) is 0. The quantitative estimate of drug-likeness (QED) is 0.453. The van der Waals surface area contributed by atoms with Gasteiger partial charge in [0.05, 0.1) is 5.56 Å². The molecule has 0 spiro atoms. The fourth-order valence-corrected chi connectivity index (χ4v) is 2.64. The van der Waals surface area contributed by atoms with Gasteiger partial charge in [-0.15, -0.1) is 0 Å². The average Bonchev–Trinajstić information content (AvgIpc) is 3.03. The van der Waals surface area contributed by atoms with E-state index in [1.165, 1.54) is 19.1 Å². The smallest absolute Gasteiger partial charge is 0.416 e. The van der Waals surface area contributed by atoms with Gasteiger partial charge >= 0.3 is 6.18 Å². The second-order valence-electron chi connectivity index (χ2n) is 5.75. The highest BCUT2D eigenvalue weighted by molar-refractivity contribution is 5.94. The molecule has 0 fully saturated rings. The van der Waals surface area contributed by atoms with Crippen molar-refractivity contribution in [1.82, 2.24) is 4.57 Å². The van der Waals surface area contributed by atoms with Crippen molar-refractivity contribution in [1.29, 1.82) is 0 Å². The number of hydrogen-bond donors (Lipinski definition) is 0. The maximum Gasteiger partial charge on any atom is 0.416 e. The number of carbonyl (C=O) groups excluding carboxylic acids is 1. The monoisotopic (exact) mass is 424 g/mol. The van der Waals surface area contributed by atoms with Crippen LogP contribution in [-0.4, -0.2) is 10.4 Å². The Morgan fingerprint density at radius 1 is 1.08 bits per heavy atom. The van der Waals surface area contributed by atoms with Crippen molar-refractivity contribution in [2.24, 2.45) is 0 Å². The number of rotatable bonds is 4. The molecule has 3 rings (SSSR count). The van der Waals surface area contributed by atoms with E-state index >= 15 is 0 Å². The number of hydrogen-bond acceptors (Lipinski definition) is 1. The first-order valence-electron chi connectivity index (χ1n) is 7.68. The fourth-order valence-electron chi connectivity index (χ4n) is 2.64. The van der Waals surface area contributed by atoms with Gasteiger partial charge in [0.1, 0.15) is 24.6 Å². The molecule has 0 saturated heterocycles. The number of benzene rings is 2. The van der Waals surface area contributed by atoms with E-state index in [1.807, 2.05) is 0 Å². The third-order valence-electron chi connectivity index (χ3n) is 3.94. The largest absolute Gasteiger partial charge is 1.00 e. The molecular weight excluding hydrogens is 409 g/mol. The third-order valence-corrected chi connectivity index (χ3v) is 3.94. The van der Waals surface area contributed by atoms with Gasteiger partial charge in [-0.1, -0.05) is 18.2 Å². The molecule has 1 aromatic heterocycles. The number of halogens is 4.